The minimum absolute atomic E-state index is 1.14. The minimum Gasteiger partial charge on any atom is -0.304 e. The number of allylic oxidation sites excluding steroid dienone is 3. The van der Waals surface area contributed by atoms with Gasteiger partial charge in [-0.3, -0.25) is 0 Å². The lowest BCUT2D eigenvalue weighted by Crippen LogP contribution is -2.08. The van der Waals surface area contributed by atoms with E-state index in [1.165, 1.54) is 42.8 Å². The Balaban J connectivity index is 2.09. The average Bonchev–Trinajstić information content (AvgIpc) is 2.66. The van der Waals surface area contributed by atoms with Crippen molar-refractivity contribution in [2.24, 2.45) is 0 Å². The van der Waals surface area contributed by atoms with E-state index >= 15 is 0 Å². The van der Waals surface area contributed by atoms with E-state index in [4.69, 9.17) is 0 Å². The first-order valence-corrected chi connectivity index (χ1v) is 6.30. The molecule has 0 spiro atoms. The van der Waals surface area contributed by atoms with E-state index < -0.39 is 0 Å². The summed E-state index contributed by atoms with van der Waals surface area (Å²) in [5.74, 6) is 1.16. The molecule has 2 nitrogen and oxygen atoms in total. The van der Waals surface area contributed by atoms with Crippen LogP contribution in [0.5, 0.6) is 0 Å². The highest BCUT2D eigenvalue weighted by atomic mass is 15.1. The molecule has 0 saturated carbocycles. The average molecular weight is 214 g/mol. The topological polar surface area (TPSA) is 17.8 Å². The van der Waals surface area contributed by atoms with Gasteiger partial charge in [0, 0.05) is 5.70 Å². The van der Waals surface area contributed by atoms with Crippen molar-refractivity contribution in [3.05, 3.63) is 29.4 Å². The number of nitrogens with zero attached hydrogens (tertiary/aromatic N) is 2. The van der Waals surface area contributed by atoms with E-state index in [-0.39, 0.29) is 0 Å². The zero-order valence-electron chi connectivity index (χ0n) is 9.87. The van der Waals surface area contributed by atoms with Gasteiger partial charge in [-0.1, -0.05) is 12.2 Å². The van der Waals surface area contributed by atoms with Crippen LogP contribution in [0, 0.1) is 6.92 Å². The first-order chi connectivity index (χ1) is 7.86. The summed E-state index contributed by atoms with van der Waals surface area (Å²) < 4.78 is 2.40. The summed E-state index contributed by atoms with van der Waals surface area (Å²) in [4.78, 5) is 4.66. The normalized spacial score (nSPS) is 19.4. The fourth-order valence-corrected chi connectivity index (χ4v) is 2.79. The molecular weight excluding hydrogens is 196 g/mol. The van der Waals surface area contributed by atoms with Crippen LogP contribution in [0.4, 0.5) is 0 Å². The molecule has 2 heteroatoms. The van der Waals surface area contributed by atoms with Crippen LogP contribution < -0.4 is 0 Å². The zero-order chi connectivity index (χ0) is 11.0. The lowest BCUT2D eigenvalue weighted by atomic mass is 10.0. The molecule has 3 rings (SSSR count). The predicted octanol–water partition coefficient (Wildman–Crippen LogP) is 3.57. The van der Waals surface area contributed by atoms with Crippen molar-refractivity contribution in [2.75, 3.05) is 0 Å². The molecule has 0 aliphatic heterocycles. The lowest BCUT2D eigenvalue weighted by molar-refractivity contribution is 0.703. The number of aryl methyl sites for hydroxylation is 1. The van der Waals surface area contributed by atoms with Gasteiger partial charge in [0.25, 0.3) is 0 Å². The monoisotopic (exact) mass is 214 g/mol. The number of fused-ring (bicyclic) bond motifs is 1. The first kappa shape index (κ1) is 9.88. The summed E-state index contributed by atoms with van der Waals surface area (Å²) in [6.45, 7) is 2.13. The first-order valence-electron chi connectivity index (χ1n) is 6.30. The fourth-order valence-electron chi connectivity index (χ4n) is 2.79. The van der Waals surface area contributed by atoms with Gasteiger partial charge in [-0.2, -0.15) is 0 Å². The molecule has 0 bridgehead atoms. The van der Waals surface area contributed by atoms with Gasteiger partial charge in [0.1, 0.15) is 5.82 Å². The van der Waals surface area contributed by atoms with E-state index in [0.29, 0.717) is 0 Å². The van der Waals surface area contributed by atoms with Crippen molar-refractivity contribution in [3.63, 3.8) is 0 Å². The standard InChI is InChI=1S/C14H18N2/c1-11-15-13-9-5-6-10-14(13)16(11)12-7-3-2-4-8-12/h5,7,9H,2-4,6,8,10H2,1H3. The molecule has 2 aliphatic carbocycles. The fraction of sp³-hybridized carbons (Fsp3) is 0.500. The SMILES string of the molecule is Cc1nc2c(n1C1=CCCCC1)CCC=C2. The van der Waals surface area contributed by atoms with Crippen LogP contribution in [0.25, 0.3) is 11.8 Å². The maximum Gasteiger partial charge on any atom is 0.110 e. The molecule has 0 N–H and O–H groups in total. The Morgan fingerprint density at radius 3 is 2.94 bits per heavy atom. The Morgan fingerprint density at radius 2 is 2.12 bits per heavy atom. The van der Waals surface area contributed by atoms with Crippen LogP contribution in [0.3, 0.4) is 0 Å². The van der Waals surface area contributed by atoms with Crippen LogP contribution in [-0.2, 0) is 6.42 Å². The van der Waals surface area contributed by atoms with Gasteiger partial charge in [-0.15, -0.1) is 0 Å². The molecule has 0 atom stereocenters. The molecule has 1 aromatic heterocycles. The zero-order valence-corrected chi connectivity index (χ0v) is 9.87. The van der Waals surface area contributed by atoms with Gasteiger partial charge in [0.05, 0.1) is 11.4 Å². The van der Waals surface area contributed by atoms with Crippen LogP contribution in [0.1, 0.15) is 49.3 Å². The highest BCUT2D eigenvalue weighted by Gasteiger charge is 2.18. The van der Waals surface area contributed by atoms with Crippen molar-refractivity contribution in [1.29, 1.82) is 0 Å². The third kappa shape index (κ3) is 1.53. The van der Waals surface area contributed by atoms with Crippen molar-refractivity contribution < 1.29 is 0 Å². The molecule has 1 heterocycles. The van der Waals surface area contributed by atoms with E-state index in [0.717, 1.165) is 18.7 Å². The molecule has 0 saturated heterocycles. The summed E-state index contributed by atoms with van der Waals surface area (Å²) in [6.07, 6.45) is 14.2. The van der Waals surface area contributed by atoms with Crippen molar-refractivity contribution in [2.45, 2.75) is 45.4 Å². The summed E-state index contributed by atoms with van der Waals surface area (Å²) >= 11 is 0. The smallest absolute Gasteiger partial charge is 0.110 e. The van der Waals surface area contributed by atoms with E-state index in [1.807, 2.05) is 0 Å². The predicted molar refractivity (Wildman–Crippen MR) is 67.1 cm³/mol. The molecule has 0 amide bonds. The second-order valence-electron chi connectivity index (χ2n) is 4.71. The van der Waals surface area contributed by atoms with Crippen LogP contribution in [0.2, 0.25) is 0 Å². The molecule has 16 heavy (non-hydrogen) atoms. The molecule has 2 aliphatic rings. The molecule has 0 aromatic carbocycles. The quantitative estimate of drug-likeness (QED) is 0.699. The van der Waals surface area contributed by atoms with E-state index in [1.54, 1.807) is 0 Å². The minimum atomic E-state index is 1.14. The molecular formula is C14H18N2. The third-order valence-corrected chi connectivity index (χ3v) is 3.55. The summed E-state index contributed by atoms with van der Waals surface area (Å²) in [6, 6.07) is 0. The lowest BCUT2D eigenvalue weighted by Gasteiger charge is -2.18. The highest BCUT2D eigenvalue weighted by Crippen LogP contribution is 2.28. The van der Waals surface area contributed by atoms with Gasteiger partial charge >= 0.3 is 0 Å². The van der Waals surface area contributed by atoms with Gasteiger partial charge in [0.2, 0.25) is 0 Å². The van der Waals surface area contributed by atoms with Gasteiger partial charge in [-0.05, 0) is 51.5 Å². The summed E-state index contributed by atoms with van der Waals surface area (Å²) in [7, 11) is 0. The molecule has 0 radical (unpaired) electrons. The molecule has 0 fully saturated rings. The van der Waals surface area contributed by atoms with Gasteiger partial charge in [0.15, 0.2) is 0 Å². The number of aromatic nitrogens is 2. The highest BCUT2D eigenvalue weighted by molar-refractivity contribution is 5.57. The Bertz CT molecular complexity index is 463. The van der Waals surface area contributed by atoms with Gasteiger partial charge < -0.3 is 4.57 Å². The van der Waals surface area contributed by atoms with Crippen molar-refractivity contribution >= 4 is 11.8 Å². The number of rotatable bonds is 1. The summed E-state index contributed by atoms with van der Waals surface area (Å²) in [5.41, 5.74) is 4.09. The number of hydrogen-bond donors (Lipinski definition) is 0. The number of imidazole rings is 1. The second kappa shape index (κ2) is 3.93. The van der Waals surface area contributed by atoms with Crippen LogP contribution in [-0.4, -0.2) is 9.55 Å². The van der Waals surface area contributed by atoms with Crippen LogP contribution in [0.15, 0.2) is 12.2 Å². The molecule has 1 aromatic rings. The van der Waals surface area contributed by atoms with Crippen LogP contribution >= 0.6 is 0 Å². The largest absolute Gasteiger partial charge is 0.304 e. The number of hydrogen-bond acceptors (Lipinski definition) is 1. The summed E-state index contributed by atoms with van der Waals surface area (Å²) in [5, 5.41) is 0. The van der Waals surface area contributed by atoms with E-state index in [2.05, 4.69) is 34.7 Å². The van der Waals surface area contributed by atoms with Crippen molar-refractivity contribution in [1.82, 2.24) is 9.55 Å². The Hall–Kier alpha value is -1.31. The van der Waals surface area contributed by atoms with Crippen molar-refractivity contribution in [3.8, 4) is 0 Å². The maximum atomic E-state index is 4.66. The Morgan fingerprint density at radius 1 is 1.19 bits per heavy atom. The Labute approximate surface area is 96.7 Å². The van der Waals surface area contributed by atoms with Gasteiger partial charge in [-0.25, -0.2) is 4.98 Å². The Kier molecular flexibility index (Phi) is 2.43. The maximum absolute atomic E-state index is 4.66. The van der Waals surface area contributed by atoms with E-state index in [9.17, 15) is 0 Å². The molecule has 0 unspecified atom stereocenters. The molecule has 84 valence electrons. The third-order valence-electron chi connectivity index (χ3n) is 3.55. The second-order valence-corrected chi connectivity index (χ2v) is 4.71.